The van der Waals surface area contributed by atoms with Crippen LogP contribution in [0.25, 0.3) is 5.69 Å². The summed E-state index contributed by atoms with van der Waals surface area (Å²) in [5.74, 6) is -1.04. The van der Waals surface area contributed by atoms with Crippen LogP contribution in [0.3, 0.4) is 0 Å². The molecule has 2 aromatic rings. The minimum atomic E-state index is -0.641. The van der Waals surface area contributed by atoms with Crippen LogP contribution in [0.15, 0.2) is 36.7 Å². The standard InChI is InChI=1S/C19H22FN3O2/c20-16-2-1-3-17(8-16)23-13-14(11-21-23)12-22-6-4-19(5-7-22)9-15(10-19)18(24)25/h1-3,8,11,13,15H,4-7,9-10,12H2,(H,24,25). The minimum Gasteiger partial charge on any atom is -0.481 e. The molecular formula is C19H22FN3O2. The van der Waals surface area contributed by atoms with Crippen molar-refractivity contribution in [2.45, 2.75) is 32.2 Å². The maximum absolute atomic E-state index is 13.3. The fourth-order valence-electron chi connectivity index (χ4n) is 4.21. The highest BCUT2D eigenvalue weighted by atomic mass is 19.1. The zero-order chi connectivity index (χ0) is 17.4. The van der Waals surface area contributed by atoms with Crippen molar-refractivity contribution >= 4 is 5.97 Å². The molecule has 0 bridgehead atoms. The zero-order valence-corrected chi connectivity index (χ0v) is 14.1. The number of nitrogens with zero attached hydrogens (tertiary/aromatic N) is 3. The van der Waals surface area contributed by atoms with E-state index in [0.29, 0.717) is 0 Å². The lowest BCUT2D eigenvalue weighted by Gasteiger charge is -2.51. The second-order valence-corrected chi connectivity index (χ2v) is 7.49. The SMILES string of the molecule is O=C(O)C1CC2(CCN(Cc3cnn(-c4cccc(F)c4)c3)CC2)C1. The quantitative estimate of drug-likeness (QED) is 0.927. The van der Waals surface area contributed by atoms with Gasteiger partial charge in [-0.3, -0.25) is 9.69 Å². The summed E-state index contributed by atoms with van der Waals surface area (Å²) in [6.07, 6.45) is 7.62. The molecule has 1 aliphatic heterocycles. The van der Waals surface area contributed by atoms with E-state index in [1.54, 1.807) is 10.7 Å². The fraction of sp³-hybridized carbons (Fsp3) is 0.474. The molecule has 1 spiro atoms. The molecule has 5 nitrogen and oxygen atoms in total. The summed E-state index contributed by atoms with van der Waals surface area (Å²) >= 11 is 0. The van der Waals surface area contributed by atoms with Crippen molar-refractivity contribution in [3.8, 4) is 5.69 Å². The number of carboxylic acid groups (broad SMARTS) is 1. The van der Waals surface area contributed by atoms with E-state index < -0.39 is 5.97 Å². The summed E-state index contributed by atoms with van der Waals surface area (Å²) in [4.78, 5) is 13.4. The first kappa shape index (κ1) is 16.3. The first-order valence-electron chi connectivity index (χ1n) is 8.78. The maximum atomic E-state index is 13.3. The van der Waals surface area contributed by atoms with Gasteiger partial charge in [-0.1, -0.05) is 6.07 Å². The smallest absolute Gasteiger partial charge is 0.306 e. The number of benzene rings is 1. The van der Waals surface area contributed by atoms with Gasteiger partial charge in [0, 0.05) is 18.3 Å². The second kappa shape index (κ2) is 6.26. The predicted molar refractivity (Wildman–Crippen MR) is 90.8 cm³/mol. The van der Waals surface area contributed by atoms with E-state index in [0.717, 1.165) is 56.6 Å². The monoisotopic (exact) mass is 343 g/mol. The summed E-state index contributed by atoms with van der Waals surface area (Å²) < 4.78 is 15.0. The van der Waals surface area contributed by atoms with Gasteiger partial charge in [0.15, 0.2) is 0 Å². The van der Waals surface area contributed by atoms with E-state index in [2.05, 4.69) is 10.00 Å². The van der Waals surface area contributed by atoms with Gasteiger partial charge in [-0.25, -0.2) is 9.07 Å². The van der Waals surface area contributed by atoms with E-state index >= 15 is 0 Å². The number of likely N-dealkylation sites (tertiary alicyclic amines) is 1. The molecule has 4 rings (SSSR count). The van der Waals surface area contributed by atoms with Crippen molar-refractivity contribution in [3.63, 3.8) is 0 Å². The Balaban J connectivity index is 1.33. The Bertz CT molecular complexity index is 772. The molecule has 1 aliphatic carbocycles. The largest absolute Gasteiger partial charge is 0.481 e. The lowest BCUT2D eigenvalue weighted by Crippen LogP contribution is -2.48. The van der Waals surface area contributed by atoms with Crippen molar-refractivity contribution in [3.05, 3.63) is 48.0 Å². The summed E-state index contributed by atoms with van der Waals surface area (Å²) in [5.41, 5.74) is 2.10. The molecule has 1 saturated heterocycles. The van der Waals surface area contributed by atoms with Gasteiger partial charge in [0.25, 0.3) is 0 Å². The minimum absolute atomic E-state index is 0.129. The van der Waals surface area contributed by atoms with Crippen molar-refractivity contribution < 1.29 is 14.3 Å². The highest BCUT2D eigenvalue weighted by molar-refractivity contribution is 5.71. The predicted octanol–water partition coefficient (Wildman–Crippen LogP) is 3.09. The first-order chi connectivity index (χ1) is 12.0. The highest BCUT2D eigenvalue weighted by Gasteiger charge is 2.48. The van der Waals surface area contributed by atoms with Crippen LogP contribution in [-0.4, -0.2) is 38.8 Å². The maximum Gasteiger partial charge on any atom is 0.306 e. The van der Waals surface area contributed by atoms with E-state index in [4.69, 9.17) is 5.11 Å². The Morgan fingerprint density at radius 3 is 2.76 bits per heavy atom. The van der Waals surface area contributed by atoms with Crippen LogP contribution in [0.5, 0.6) is 0 Å². The average molecular weight is 343 g/mol. The Morgan fingerprint density at radius 2 is 2.08 bits per heavy atom. The molecule has 1 N–H and O–H groups in total. The molecule has 0 unspecified atom stereocenters. The molecule has 1 aromatic heterocycles. The summed E-state index contributed by atoms with van der Waals surface area (Å²) in [6.45, 7) is 2.82. The molecule has 0 atom stereocenters. The topological polar surface area (TPSA) is 58.4 Å². The van der Waals surface area contributed by atoms with Crippen molar-refractivity contribution in [2.75, 3.05) is 13.1 Å². The summed E-state index contributed by atoms with van der Waals surface area (Å²) in [6, 6.07) is 6.41. The number of carboxylic acids is 1. The van der Waals surface area contributed by atoms with Crippen LogP contribution in [0, 0.1) is 17.2 Å². The van der Waals surface area contributed by atoms with Gasteiger partial charge in [0.1, 0.15) is 5.82 Å². The van der Waals surface area contributed by atoms with Crippen molar-refractivity contribution in [2.24, 2.45) is 11.3 Å². The van der Waals surface area contributed by atoms with Crippen LogP contribution >= 0.6 is 0 Å². The van der Waals surface area contributed by atoms with E-state index in [1.165, 1.54) is 12.1 Å². The Labute approximate surface area is 146 Å². The average Bonchev–Trinajstić information content (AvgIpc) is 3.02. The third kappa shape index (κ3) is 3.31. The molecule has 1 saturated carbocycles. The van der Waals surface area contributed by atoms with Gasteiger partial charge in [-0.15, -0.1) is 0 Å². The van der Waals surface area contributed by atoms with Crippen LogP contribution in [0.2, 0.25) is 0 Å². The summed E-state index contributed by atoms with van der Waals surface area (Å²) in [5, 5.41) is 13.4. The zero-order valence-electron chi connectivity index (χ0n) is 14.1. The lowest BCUT2D eigenvalue weighted by atomic mass is 9.57. The lowest BCUT2D eigenvalue weighted by molar-refractivity contribution is -0.152. The second-order valence-electron chi connectivity index (χ2n) is 7.49. The van der Waals surface area contributed by atoms with Gasteiger partial charge in [0.2, 0.25) is 0 Å². The van der Waals surface area contributed by atoms with Crippen LogP contribution in [0.4, 0.5) is 4.39 Å². The van der Waals surface area contributed by atoms with Gasteiger partial charge in [-0.2, -0.15) is 5.10 Å². The molecule has 132 valence electrons. The Hall–Kier alpha value is -2.21. The fourth-order valence-corrected chi connectivity index (χ4v) is 4.21. The van der Waals surface area contributed by atoms with E-state index in [-0.39, 0.29) is 17.2 Å². The van der Waals surface area contributed by atoms with Crippen LogP contribution in [0.1, 0.15) is 31.2 Å². The molecule has 2 fully saturated rings. The van der Waals surface area contributed by atoms with Crippen molar-refractivity contribution in [1.82, 2.24) is 14.7 Å². The molecule has 0 amide bonds. The van der Waals surface area contributed by atoms with Crippen molar-refractivity contribution in [1.29, 1.82) is 0 Å². The summed E-state index contributed by atoms with van der Waals surface area (Å²) in [7, 11) is 0. The molecule has 2 heterocycles. The van der Waals surface area contributed by atoms with Gasteiger partial charge in [-0.05, 0) is 62.4 Å². The van der Waals surface area contributed by atoms with Gasteiger partial charge < -0.3 is 5.11 Å². The number of carbonyl (C=O) groups is 1. The van der Waals surface area contributed by atoms with Crippen LogP contribution < -0.4 is 0 Å². The highest BCUT2D eigenvalue weighted by Crippen LogP contribution is 2.52. The molecule has 2 aliphatic rings. The first-order valence-corrected chi connectivity index (χ1v) is 8.78. The number of hydrogen-bond donors (Lipinski definition) is 1. The molecule has 0 radical (unpaired) electrons. The third-order valence-corrected chi connectivity index (χ3v) is 5.74. The van der Waals surface area contributed by atoms with E-state index in [9.17, 15) is 9.18 Å². The molecule has 1 aromatic carbocycles. The van der Waals surface area contributed by atoms with Gasteiger partial charge in [0.05, 0.1) is 17.8 Å². The number of piperidine rings is 1. The number of rotatable bonds is 4. The van der Waals surface area contributed by atoms with E-state index in [1.807, 2.05) is 18.5 Å². The third-order valence-electron chi connectivity index (χ3n) is 5.74. The Kier molecular flexibility index (Phi) is 4.07. The number of halogens is 1. The van der Waals surface area contributed by atoms with Crippen LogP contribution in [-0.2, 0) is 11.3 Å². The Morgan fingerprint density at radius 1 is 1.32 bits per heavy atom. The molecular weight excluding hydrogens is 321 g/mol. The normalized spacial score (nSPS) is 20.5. The number of hydrogen-bond acceptors (Lipinski definition) is 3. The number of aromatic nitrogens is 2. The molecule has 25 heavy (non-hydrogen) atoms. The van der Waals surface area contributed by atoms with Gasteiger partial charge >= 0.3 is 5.97 Å². The molecule has 6 heteroatoms. The number of aliphatic carboxylic acids is 1.